The van der Waals surface area contributed by atoms with Crippen molar-refractivity contribution in [3.05, 3.63) is 0 Å². The molecule has 8 N–H and O–H groups in total. The highest BCUT2D eigenvalue weighted by molar-refractivity contribution is 5.94. The van der Waals surface area contributed by atoms with Crippen LogP contribution in [0.2, 0.25) is 0 Å². The lowest BCUT2D eigenvalue weighted by Gasteiger charge is -2.31. The van der Waals surface area contributed by atoms with Crippen LogP contribution in [0.3, 0.4) is 0 Å². The van der Waals surface area contributed by atoms with Gasteiger partial charge in [0.25, 0.3) is 0 Å². The topological polar surface area (TPSA) is 205 Å². The third-order valence-electron chi connectivity index (χ3n) is 5.44. The van der Waals surface area contributed by atoms with Gasteiger partial charge in [0.1, 0.15) is 24.2 Å². The van der Waals surface area contributed by atoms with Gasteiger partial charge in [0.2, 0.25) is 23.6 Å². The summed E-state index contributed by atoms with van der Waals surface area (Å²) in [6.45, 7) is 3.19. The number of hydrogen-bond acceptors (Lipinski definition) is 7. The van der Waals surface area contributed by atoms with Crippen molar-refractivity contribution in [2.24, 2.45) is 17.4 Å². The minimum atomic E-state index is -1.27. The molecule has 1 heterocycles. The Morgan fingerprint density at radius 2 is 1.81 bits per heavy atom. The molecule has 1 saturated heterocycles. The van der Waals surface area contributed by atoms with Crippen LogP contribution in [0.15, 0.2) is 0 Å². The Bertz CT molecular complexity index is 687. The Balaban J connectivity index is 3.03. The van der Waals surface area contributed by atoms with Gasteiger partial charge in [-0.15, -0.1) is 0 Å². The third kappa shape index (κ3) is 7.47. The van der Waals surface area contributed by atoms with Crippen LogP contribution in [0, 0.1) is 5.92 Å². The Morgan fingerprint density at radius 1 is 1.16 bits per heavy atom. The number of carboxylic acid groups (broad SMARTS) is 1. The van der Waals surface area contributed by atoms with Crippen LogP contribution in [0.1, 0.15) is 46.0 Å². The molecule has 1 aliphatic rings. The fourth-order valence-corrected chi connectivity index (χ4v) is 3.32. The third-order valence-corrected chi connectivity index (χ3v) is 5.44. The standard InChI is InChI=1S/C19H33N5O7/c1-3-10(2)15(18(29)24-8-4-5-13(24)19(30)31)23-17(28)12(6-7-14(21)26)22-16(27)11(20)9-25/h10-13,15,25H,3-9,20H2,1-2H3,(H2,21,26)(H,22,27)(H,23,28)(H,30,31). The Labute approximate surface area is 180 Å². The predicted octanol–water partition coefficient (Wildman–Crippen LogP) is -2.34. The Hall–Kier alpha value is -2.73. The molecule has 0 aliphatic carbocycles. The number of primary amides is 1. The van der Waals surface area contributed by atoms with E-state index in [1.54, 1.807) is 6.92 Å². The van der Waals surface area contributed by atoms with E-state index in [2.05, 4.69) is 10.6 Å². The molecule has 1 aliphatic heterocycles. The summed E-state index contributed by atoms with van der Waals surface area (Å²) in [5, 5.41) is 23.4. The summed E-state index contributed by atoms with van der Waals surface area (Å²) in [6.07, 6.45) is 1.06. The van der Waals surface area contributed by atoms with E-state index in [-0.39, 0.29) is 25.3 Å². The molecule has 5 atom stereocenters. The summed E-state index contributed by atoms with van der Waals surface area (Å²) < 4.78 is 0. The first-order valence-electron chi connectivity index (χ1n) is 10.3. The highest BCUT2D eigenvalue weighted by Gasteiger charge is 2.39. The Morgan fingerprint density at radius 3 is 2.32 bits per heavy atom. The quantitative estimate of drug-likeness (QED) is 0.192. The monoisotopic (exact) mass is 443 g/mol. The normalized spacial score (nSPS) is 19.7. The number of nitrogens with zero attached hydrogens (tertiary/aromatic N) is 1. The zero-order chi connectivity index (χ0) is 23.7. The van der Waals surface area contributed by atoms with E-state index in [1.807, 2.05) is 6.92 Å². The number of aliphatic carboxylic acids is 1. The summed E-state index contributed by atoms with van der Waals surface area (Å²) in [7, 11) is 0. The minimum absolute atomic E-state index is 0.131. The molecule has 0 saturated carbocycles. The second kappa shape index (κ2) is 12.2. The first kappa shape index (κ1) is 26.3. The smallest absolute Gasteiger partial charge is 0.326 e. The summed E-state index contributed by atoms with van der Waals surface area (Å²) in [5.41, 5.74) is 10.6. The number of aliphatic hydroxyl groups excluding tert-OH is 1. The molecule has 5 unspecified atom stereocenters. The number of amides is 4. The van der Waals surface area contributed by atoms with Gasteiger partial charge in [-0.05, 0) is 25.2 Å². The Kier molecular flexibility index (Phi) is 10.4. The van der Waals surface area contributed by atoms with Crippen LogP contribution in [0.25, 0.3) is 0 Å². The molecule has 31 heavy (non-hydrogen) atoms. The molecule has 1 rings (SSSR count). The van der Waals surface area contributed by atoms with Crippen molar-refractivity contribution in [2.45, 2.75) is 70.1 Å². The van der Waals surface area contributed by atoms with Crippen LogP contribution in [-0.2, 0) is 24.0 Å². The summed E-state index contributed by atoms with van der Waals surface area (Å²) in [6, 6.07) is -4.46. The van der Waals surface area contributed by atoms with Crippen molar-refractivity contribution < 1.29 is 34.2 Å². The van der Waals surface area contributed by atoms with Crippen LogP contribution in [0.5, 0.6) is 0 Å². The average Bonchev–Trinajstić information content (AvgIpc) is 3.23. The van der Waals surface area contributed by atoms with Crippen LogP contribution >= 0.6 is 0 Å². The van der Waals surface area contributed by atoms with Crippen molar-refractivity contribution in [3.8, 4) is 0 Å². The number of carbonyl (C=O) groups is 5. The summed E-state index contributed by atoms with van der Waals surface area (Å²) in [5.74, 6) is -4.16. The second-order valence-electron chi connectivity index (χ2n) is 7.75. The molecule has 12 nitrogen and oxygen atoms in total. The number of hydrogen-bond donors (Lipinski definition) is 6. The largest absolute Gasteiger partial charge is 0.480 e. The van der Waals surface area contributed by atoms with Crippen molar-refractivity contribution in [3.63, 3.8) is 0 Å². The van der Waals surface area contributed by atoms with E-state index >= 15 is 0 Å². The van der Waals surface area contributed by atoms with Gasteiger partial charge >= 0.3 is 5.97 Å². The first-order valence-corrected chi connectivity index (χ1v) is 10.3. The zero-order valence-corrected chi connectivity index (χ0v) is 17.9. The van der Waals surface area contributed by atoms with Gasteiger partial charge in [-0.25, -0.2) is 4.79 Å². The molecule has 12 heteroatoms. The van der Waals surface area contributed by atoms with E-state index in [0.717, 1.165) is 0 Å². The lowest BCUT2D eigenvalue weighted by molar-refractivity contribution is -0.150. The maximum Gasteiger partial charge on any atom is 0.326 e. The number of likely N-dealkylation sites (tertiary alicyclic amines) is 1. The molecule has 4 amide bonds. The number of aliphatic hydroxyl groups is 1. The fourth-order valence-electron chi connectivity index (χ4n) is 3.32. The van der Waals surface area contributed by atoms with Gasteiger partial charge in [-0.3, -0.25) is 19.2 Å². The van der Waals surface area contributed by atoms with Gasteiger partial charge < -0.3 is 37.2 Å². The number of nitrogens with one attached hydrogen (secondary N) is 2. The minimum Gasteiger partial charge on any atom is -0.480 e. The lowest BCUT2D eigenvalue weighted by atomic mass is 9.96. The molecular weight excluding hydrogens is 410 g/mol. The summed E-state index contributed by atoms with van der Waals surface area (Å²) >= 11 is 0. The maximum atomic E-state index is 13.1. The van der Waals surface area contributed by atoms with Crippen molar-refractivity contribution in [1.82, 2.24) is 15.5 Å². The second-order valence-corrected chi connectivity index (χ2v) is 7.75. The fraction of sp³-hybridized carbons (Fsp3) is 0.737. The van der Waals surface area contributed by atoms with Crippen molar-refractivity contribution in [1.29, 1.82) is 0 Å². The number of nitrogens with two attached hydrogens (primary N) is 2. The van der Waals surface area contributed by atoms with Crippen LogP contribution < -0.4 is 22.1 Å². The number of carbonyl (C=O) groups excluding carboxylic acids is 4. The van der Waals surface area contributed by atoms with Gasteiger partial charge in [0, 0.05) is 13.0 Å². The van der Waals surface area contributed by atoms with E-state index < -0.39 is 60.4 Å². The molecule has 0 bridgehead atoms. The SMILES string of the molecule is CCC(C)C(NC(=O)C(CCC(N)=O)NC(=O)C(N)CO)C(=O)N1CCCC1C(=O)O. The summed E-state index contributed by atoms with van der Waals surface area (Å²) in [4.78, 5) is 61.9. The molecule has 176 valence electrons. The van der Waals surface area contributed by atoms with Crippen molar-refractivity contribution >= 4 is 29.6 Å². The lowest BCUT2D eigenvalue weighted by Crippen LogP contribution is -2.59. The van der Waals surface area contributed by atoms with Crippen LogP contribution in [-0.4, -0.2) is 82.0 Å². The molecule has 0 aromatic rings. The zero-order valence-electron chi connectivity index (χ0n) is 17.9. The molecule has 0 aromatic carbocycles. The van der Waals surface area contributed by atoms with E-state index in [1.165, 1.54) is 4.90 Å². The van der Waals surface area contributed by atoms with Gasteiger partial charge in [0.05, 0.1) is 6.61 Å². The van der Waals surface area contributed by atoms with E-state index in [4.69, 9.17) is 16.6 Å². The maximum absolute atomic E-state index is 13.1. The van der Waals surface area contributed by atoms with E-state index in [9.17, 15) is 29.1 Å². The number of rotatable bonds is 12. The van der Waals surface area contributed by atoms with Crippen molar-refractivity contribution in [2.75, 3.05) is 13.2 Å². The first-order chi connectivity index (χ1) is 14.5. The van der Waals surface area contributed by atoms with Crippen LogP contribution in [0.4, 0.5) is 0 Å². The van der Waals surface area contributed by atoms with Gasteiger partial charge in [-0.1, -0.05) is 20.3 Å². The molecule has 0 spiro atoms. The van der Waals surface area contributed by atoms with Gasteiger partial charge in [-0.2, -0.15) is 0 Å². The molecule has 1 fully saturated rings. The van der Waals surface area contributed by atoms with E-state index in [0.29, 0.717) is 19.3 Å². The highest BCUT2D eigenvalue weighted by Crippen LogP contribution is 2.21. The molecule has 0 radical (unpaired) electrons. The molecular formula is C19H33N5O7. The van der Waals surface area contributed by atoms with Gasteiger partial charge in [0.15, 0.2) is 0 Å². The average molecular weight is 444 g/mol. The molecule has 0 aromatic heterocycles. The number of carboxylic acids is 1. The predicted molar refractivity (Wildman–Crippen MR) is 109 cm³/mol. The highest BCUT2D eigenvalue weighted by atomic mass is 16.4.